The number of carbonyl (C=O) groups is 1. The highest BCUT2D eigenvalue weighted by atomic mass is 32.2. The first-order valence-electron chi connectivity index (χ1n) is 10.3. The highest BCUT2D eigenvalue weighted by molar-refractivity contribution is 7.88. The van der Waals surface area contributed by atoms with E-state index in [0.29, 0.717) is 38.8 Å². The van der Waals surface area contributed by atoms with Crippen molar-refractivity contribution in [3.63, 3.8) is 0 Å². The van der Waals surface area contributed by atoms with Crippen molar-refractivity contribution in [3.8, 4) is 0 Å². The van der Waals surface area contributed by atoms with Gasteiger partial charge >= 0.3 is 0 Å². The van der Waals surface area contributed by atoms with Crippen LogP contribution in [0, 0.1) is 5.92 Å². The molecule has 0 aliphatic carbocycles. The molecule has 0 radical (unpaired) electrons. The third-order valence-corrected chi connectivity index (χ3v) is 6.60. The van der Waals surface area contributed by atoms with E-state index in [0.717, 1.165) is 37.7 Å². The van der Waals surface area contributed by atoms with E-state index >= 15 is 0 Å². The molecular formula is C21H32N2O5S. The van der Waals surface area contributed by atoms with Gasteiger partial charge in [0.25, 0.3) is 0 Å². The second-order valence-electron chi connectivity index (χ2n) is 8.20. The third kappa shape index (κ3) is 7.06. The van der Waals surface area contributed by atoms with Gasteiger partial charge in [-0.15, -0.1) is 0 Å². The van der Waals surface area contributed by atoms with E-state index in [2.05, 4.69) is 4.72 Å². The fourth-order valence-electron chi connectivity index (χ4n) is 4.26. The summed E-state index contributed by atoms with van der Waals surface area (Å²) in [6.07, 6.45) is 5.57. The Hall–Kier alpha value is -1.48. The second-order valence-corrected chi connectivity index (χ2v) is 10.0. The normalized spacial score (nSPS) is 22.0. The number of nitrogens with zero attached hydrogens (tertiary/aromatic N) is 1. The molecule has 29 heavy (non-hydrogen) atoms. The Bertz CT molecular complexity index is 761. The van der Waals surface area contributed by atoms with Gasteiger partial charge in [-0.3, -0.25) is 4.79 Å². The molecule has 2 fully saturated rings. The summed E-state index contributed by atoms with van der Waals surface area (Å²) < 4.78 is 36.8. The van der Waals surface area contributed by atoms with Crippen LogP contribution in [0.25, 0.3) is 0 Å². The summed E-state index contributed by atoms with van der Waals surface area (Å²) in [5.41, 5.74) is 0.889. The zero-order valence-electron chi connectivity index (χ0n) is 17.1. The van der Waals surface area contributed by atoms with E-state index in [1.807, 2.05) is 35.2 Å². The van der Waals surface area contributed by atoms with Crippen LogP contribution in [0.2, 0.25) is 0 Å². The van der Waals surface area contributed by atoms with Crippen molar-refractivity contribution in [2.45, 2.75) is 44.3 Å². The standard InChI is InChI=1S/C21H32N2O5S/c1-29(25,26)22-11-7-18-8-14-28-21(15-18)9-12-23(13-10-21)20(24)17-27-16-19-5-3-2-4-6-19/h2-6,18,22H,7-17H2,1H3. The molecule has 1 spiro atoms. The molecule has 0 bridgehead atoms. The number of nitrogens with one attached hydrogen (secondary N) is 1. The lowest BCUT2D eigenvalue weighted by Gasteiger charge is -2.46. The Labute approximate surface area is 173 Å². The molecule has 1 amide bonds. The highest BCUT2D eigenvalue weighted by Gasteiger charge is 2.40. The number of hydrogen-bond acceptors (Lipinski definition) is 5. The van der Waals surface area contributed by atoms with Gasteiger partial charge in [-0.1, -0.05) is 30.3 Å². The Kier molecular flexibility index (Phi) is 7.67. The molecule has 1 atom stereocenters. The van der Waals surface area contributed by atoms with Gasteiger partial charge in [0.05, 0.1) is 18.5 Å². The highest BCUT2D eigenvalue weighted by Crippen LogP contribution is 2.38. The zero-order valence-corrected chi connectivity index (χ0v) is 18.0. The van der Waals surface area contributed by atoms with Crippen molar-refractivity contribution in [1.82, 2.24) is 9.62 Å². The van der Waals surface area contributed by atoms with Crippen LogP contribution in [-0.2, 0) is 30.9 Å². The molecule has 2 heterocycles. The number of likely N-dealkylation sites (tertiary alicyclic amines) is 1. The molecule has 1 N–H and O–H groups in total. The Balaban J connectivity index is 1.39. The van der Waals surface area contributed by atoms with E-state index < -0.39 is 10.0 Å². The van der Waals surface area contributed by atoms with Crippen molar-refractivity contribution in [2.24, 2.45) is 5.92 Å². The number of carbonyl (C=O) groups excluding carboxylic acids is 1. The maximum atomic E-state index is 12.5. The van der Waals surface area contributed by atoms with Gasteiger partial charge in [-0.25, -0.2) is 13.1 Å². The molecule has 3 rings (SSSR count). The van der Waals surface area contributed by atoms with Gasteiger partial charge in [0.2, 0.25) is 15.9 Å². The lowest BCUT2D eigenvalue weighted by atomic mass is 9.78. The lowest BCUT2D eigenvalue weighted by molar-refractivity contribution is -0.151. The van der Waals surface area contributed by atoms with Crippen molar-refractivity contribution in [3.05, 3.63) is 35.9 Å². The van der Waals surface area contributed by atoms with Crippen molar-refractivity contribution >= 4 is 15.9 Å². The first-order chi connectivity index (χ1) is 13.9. The maximum Gasteiger partial charge on any atom is 0.248 e. The molecule has 162 valence electrons. The van der Waals surface area contributed by atoms with E-state index in [4.69, 9.17) is 9.47 Å². The smallest absolute Gasteiger partial charge is 0.248 e. The van der Waals surface area contributed by atoms with Gasteiger partial charge < -0.3 is 14.4 Å². The van der Waals surface area contributed by atoms with Crippen LogP contribution < -0.4 is 4.72 Å². The predicted octanol–water partition coefficient (Wildman–Crippen LogP) is 1.93. The Morgan fingerprint density at radius 3 is 2.69 bits per heavy atom. The van der Waals surface area contributed by atoms with Gasteiger partial charge in [0.1, 0.15) is 6.61 Å². The number of benzene rings is 1. The van der Waals surface area contributed by atoms with Crippen LogP contribution in [-0.4, -0.2) is 63.9 Å². The summed E-state index contributed by atoms with van der Waals surface area (Å²) in [7, 11) is -3.14. The van der Waals surface area contributed by atoms with Gasteiger partial charge in [-0.05, 0) is 43.6 Å². The average molecular weight is 425 g/mol. The molecule has 0 aromatic heterocycles. The SMILES string of the molecule is CS(=O)(=O)NCCC1CCOC2(CCN(C(=O)COCc3ccccc3)CC2)C1. The molecule has 1 aromatic rings. The molecule has 7 nitrogen and oxygen atoms in total. The topological polar surface area (TPSA) is 84.9 Å². The fourth-order valence-corrected chi connectivity index (χ4v) is 4.75. The van der Waals surface area contributed by atoms with Crippen LogP contribution in [0.4, 0.5) is 0 Å². The third-order valence-electron chi connectivity index (χ3n) is 5.88. The fraction of sp³-hybridized carbons (Fsp3) is 0.667. The Morgan fingerprint density at radius 1 is 1.28 bits per heavy atom. The number of hydrogen-bond donors (Lipinski definition) is 1. The summed E-state index contributed by atoms with van der Waals surface area (Å²) in [5.74, 6) is 0.481. The van der Waals surface area contributed by atoms with Crippen LogP contribution in [0.15, 0.2) is 30.3 Å². The van der Waals surface area contributed by atoms with Gasteiger partial charge in [-0.2, -0.15) is 0 Å². The predicted molar refractivity (Wildman–Crippen MR) is 111 cm³/mol. The van der Waals surface area contributed by atoms with E-state index in [9.17, 15) is 13.2 Å². The van der Waals surface area contributed by atoms with Crippen molar-refractivity contribution in [1.29, 1.82) is 0 Å². The molecule has 1 unspecified atom stereocenters. The van der Waals surface area contributed by atoms with E-state index in [1.54, 1.807) is 0 Å². The minimum absolute atomic E-state index is 0.0282. The van der Waals surface area contributed by atoms with Crippen LogP contribution in [0.3, 0.4) is 0 Å². The monoisotopic (exact) mass is 424 g/mol. The minimum Gasteiger partial charge on any atom is -0.375 e. The summed E-state index contributed by atoms with van der Waals surface area (Å²) in [5, 5.41) is 0. The minimum atomic E-state index is -3.14. The number of amides is 1. The maximum absolute atomic E-state index is 12.5. The second kappa shape index (κ2) is 10.0. The van der Waals surface area contributed by atoms with Gasteiger partial charge in [0.15, 0.2) is 0 Å². The number of sulfonamides is 1. The zero-order chi connectivity index (χ0) is 20.7. The number of piperidine rings is 1. The average Bonchev–Trinajstić information content (AvgIpc) is 2.68. The largest absolute Gasteiger partial charge is 0.375 e. The quantitative estimate of drug-likeness (QED) is 0.689. The summed E-state index contributed by atoms with van der Waals surface area (Å²) in [4.78, 5) is 14.3. The number of rotatable bonds is 8. The van der Waals surface area contributed by atoms with Crippen LogP contribution in [0.5, 0.6) is 0 Å². The summed E-state index contributed by atoms with van der Waals surface area (Å²) in [6.45, 7) is 3.09. The molecule has 2 aliphatic heterocycles. The summed E-state index contributed by atoms with van der Waals surface area (Å²) >= 11 is 0. The van der Waals surface area contributed by atoms with Crippen LogP contribution in [0.1, 0.15) is 37.7 Å². The molecule has 8 heteroatoms. The van der Waals surface area contributed by atoms with Crippen LogP contribution >= 0.6 is 0 Å². The Morgan fingerprint density at radius 2 is 2.00 bits per heavy atom. The molecule has 2 aliphatic rings. The van der Waals surface area contributed by atoms with Crippen molar-refractivity contribution < 1.29 is 22.7 Å². The molecular weight excluding hydrogens is 392 g/mol. The molecule has 0 saturated carbocycles. The molecule has 1 aromatic carbocycles. The summed E-state index contributed by atoms with van der Waals surface area (Å²) in [6, 6.07) is 9.84. The van der Waals surface area contributed by atoms with Crippen molar-refractivity contribution in [2.75, 3.05) is 39.1 Å². The van der Waals surface area contributed by atoms with Gasteiger partial charge in [0, 0.05) is 26.2 Å². The van der Waals surface area contributed by atoms with E-state index in [-0.39, 0.29) is 18.1 Å². The number of ether oxygens (including phenoxy) is 2. The first kappa shape index (κ1) is 22.2. The van der Waals surface area contributed by atoms with E-state index in [1.165, 1.54) is 6.26 Å². The first-order valence-corrected chi connectivity index (χ1v) is 12.2. The molecule has 2 saturated heterocycles. The lowest BCUT2D eigenvalue weighted by Crippen LogP contribution is -2.51.